The quantitative estimate of drug-likeness (QED) is 0.629. The first-order valence-corrected chi connectivity index (χ1v) is 7.60. The second kappa shape index (κ2) is 5.25. The maximum atomic E-state index is 11.0. The largest absolute Gasteiger partial charge is 0.481 e. The monoisotopic (exact) mass is 276 g/mol. The highest BCUT2D eigenvalue weighted by molar-refractivity contribution is 7.60. The van der Waals surface area contributed by atoms with Gasteiger partial charge in [-0.2, -0.15) is 4.31 Å². The molecule has 8 nitrogen and oxygen atoms in total. The summed E-state index contributed by atoms with van der Waals surface area (Å²) in [5.41, 5.74) is 0. The lowest BCUT2D eigenvalue weighted by molar-refractivity contribution is 0.0184. The summed E-state index contributed by atoms with van der Waals surface area (Å²) in [6.07, 6.45) is 1.17. The molecule has 10 heteroatoms. The molecule has 0 aromatic carbocycles. The highest BCUT2D eigenvalue weighted by Gasteiger charge is 2.34. The molecule has 96 valence electrons. The van der Waals surface area contributed by atoms with Gasteiger partial charge in [-0.15, -0.1) is 0 Å². The summed E-state index contributed by atoms with van der Waals surface area (Å²) in [6, 6.07) is 0. The summed E-state index contributed by atoms with van der Waals surface area (Å²) in [5.74, 6) is 0. The third-order valence-corrected chi connectivity index (χ3v) is 4.10. The molecule has 0 saturated carbocycles. The number of hydrogen-bond donors (Lipinski definition) is 3. The Morgan fingerprint density at radius 3 is 2.38 bits per heavy atom. The van der Waals surface area contributed by atoms with Gasteiger partial charge < -0.3 is 19.4 Å². The zero-order valence-electron chi connectivity index (χ0n) is 8.55. The number of hydrogen-bond acceptors (Lipinski definition) is 5. The van der Waals surface area contributed by atoms with Crippen molar-refractivity contribution in [3.63, 3.8) is 0 Å². The van der Waals surface area contributed by atoms with E-state index in [9.17, 15) is 9.13 Å². The van der Waals surface area contributed by atoms with Crippen LogP contribution in [0.1, 0.15) is 19.8 Å². The predicted octanol–water partition coefficient (Wildman–Crippen LogP) is 0.780. The van der Waals surface area contributed by atoms with Gasteiger partial charge in [0.15, 0.2) is 0 Å². The molecule has 1 saturated heterocycles. The van der Waals surface area contributed by atoms with Crippen LogP contribution in [0.15, 0.2) is 0 Å². The predicted molar refractivity (Wildman–Crippen MR) is 52.5 cm³/mol. The second-order valence-corrected chi connectivity index (χ2v) is 6.31. The second-order valence-electron chi connectivity index (χ2n) is 3.48. The van der Waals surface area contributed by atoms with Crippen molar-refractivity contribution in [3.8, 4) is 0 Å². The lowest BCUT2D eigenvalue weighted by Gasteiger charge is -2.15. The number of phosphoric ester groups is 1. The summed E-state index contributed by atoms with van der Waals surface area (Å²) in [6.45, 7) is 1.61. The third-order valence-electron chi connectivity index (χ3n) is 1.95. The lowest BCUT2D eigenvalue weighted by atomic mass is 10.2. The van der Waals surface area contributed by atoms with Crippen molar-refractivity contribution in [1.82, 2.24) is 0 Å². The average molecular weight is 276 g/mol. The van der Waals surface area contributed by atoms with Gasteiger partial charge in [0, 0.05) is 0 Å². The van der Waals surface area contributed by atoms with Gasteiger partial charge >= 0.3 is 15.6 Å². The van der Waals surface area contributed by atoms with Crippen LogP contribution in [0.2, 0.25) is 0 Å². The van der Waals surface area contributed by atoms with Crippen molar-refractivity contribution < 1.29 is 37.4 Å². The highest BCUT2D eigenvalue weighted by atomic mass is 31.3. The minimum Gasteiger partial charge on any atom is -0.373 e. The Bertz CT molecular complexity index is 324. The molecule has 0 aromatic heterocycles. The van der Waals surface area contributed by atoms with Crippen LogP contribution >= 0.6 is 15.6 Å². The number of ether oxygens (including phenoxy) is 1. The van der Waals surface area contributed by atoms with E-state index in [1.54, 1.807) is 0 Å². The molecule has 0 radical (unpaired) electrons. The molecule has 1 aliphatic heterocycles. The summed E-state index contributed by atoms with van der Waals surface area (Å²) >= 11 is 0. The van der Waals surface area contributed by atoms with Gasteiger partial charge in [-0.1, -0.05) is 0 Å². The topological polar surface area (TPSA) is 123 Å². The van der Waals surface area contributed by atoms with Gasteiger partial charge in [0.25, 0.3) is 0 Å². The Labute approximate surface area is 92.4 Å². The molecular formula is C6H14O8P2. The third kappa shape index (κ3) is 5.52. The zero-order valence-corrected chi connectivity index (χ0v) is 10.3. The van der Waals surface area contributed by atoms with Gasteiger partial charge in [-0.3, -0.25) is 4.52 Å². The van der Waals surface area contributed by atoms with Crippen LogP contribution in [0, 0.1) is 0 Å². The van der Waals surface area contributed by atoms with E-state index in [1.165, 1.54) is 0 Å². The Kier molecular flexibility index (Phi) is 4.68. The maximum Gasteiger partial charge on any atom is 0.481 e. The normalized spacial score (nSPS) is 30.2. The molecule has 0 aromatic rings. The fraction of sp³-hybridized carbons (Fsp3) is 1.00. The van der Waals surface area contributed by atoms with E-state index in [-0.39, 0.29) is 18.8 Å². The van der Waals surface area contributed by atoms with Crippen LogP contribution in [0.25, 0.3) is 0 Å². The highest BCUT2D eigenvalue weighted by Crippen LogP contribution is 2.57. The molecule has 3 N–H and O–H groups in total. The fourth-order valence-corrected chi connectivity index (χ4v) is 2.96. The van der Waals surface area contributed by atoms with Crippen molar-refractivity contribution in [2.75, 3.05) is 6.61 Å². The fourth-order valence-electron chi connectivity index (χ4n) is 1.34. The Morgan fingerprint density at radius 2 is 1.94 bits per heavy atom. The number of rotatable bonds is 5. The van der Waals surface area contributed by atoms with E-state index in [0.29, 0.717) is 6.42 Å². The average Bonchev–Trinajstić information content (AvgIpc) is 2.44. The standard InChI is InChI=1S/C6H14O8P2/c1-5-2-3-6(13-5)4-12-16(10,11)14-15(7,8)9/h5-6H,2-4H2,1H3,(H,10,11)(H2,7,8,9). The van der Waals surface area contributed by atoms with Gasteiger partial charge in [-0.25, -0.2) is 9.13 Å². The lowest BCUT2D eigenvalue weighted by Crippen LogP contribution is -2.15. The van der Waals surface area contributed by atoms with Crippen LogP contribution in [-0.2, 0) is 22.7 Å². The van der Waals surface area contributed by atoms with E-state index in [2.05, 4.69) is 8.83 Å². The van der Waals surface area contributed by atoms with E-state index in [1.807, 2.05) is 6.92 Å². The molecule has 0 spiro atoms. The molecule has 1 heterocycles. The van der Waals surface area contributed by atoms with Crippen molar-refractivity contribution in [2.45, 2.75) is 32.0 Å². The molecule has 0 aliphatic carbocycles. The van der Waals surface area contributed by atoms with E-state index in [0.717, 1.165) is 6.42 Å². The molecule has 1 rings (SSSR count). The minimum atomic E-state index is -5.04. The van der Waals surface area contributed by atoms with Crippen molar-refractivity contribution in [1.29, 1.82) is 0 Å². The first-order valence-electron chi connectivity index (χ1n) is 4.58. The maximum absolute atomic E-state index is 11.0. The van der Waals surface area contributed by atoms with Gasteiger partial charge in [0.05, 0.1) is 18.8 Å². The Morgan fingerprint density at radius 1 is 1.31 bits per heavy atom. The van der Waals surface area contributed by atoms with Crippen LogP contribution in [0.4, 0.5) is 0 Å². The van der Waals surface area contributed by atoms with Crippen LogP contribution in [-0.4, -0.2) is 33.5 Å². The zero-order chi connectivity index (χ0) is 12.4. The van der Waals surface area contributed by atoms with E-state index < -0.39 is 15.6 Å². The van der Waals surface area contributed by atoms with E-state index >= 15 is 0 Å². The molecular weight excluding hydrogens is 262 g/mol. The van der Waals surface area contributed by atoms with Crippen molar-refractivity contribution in [3.05, 3.63) is 0 Å². The Hall–Kier alpha value is 0.220. The summed E-state index contributed by atoms with van der Waals surface area (Å²) < 4.78 is 34.7. The van der Waals surface area contributed by atoms with Crippen LogP contribution in [0.3, 0.4) is 0 Å². The Balaban J connectivity index is 2.36. The SMILES string of the molecule is CC1CCC(COP(=O)(O)OP(=O)(O)O)O1. The van der Waals surface area contributed by atoms with Crippen LogP contribution < -0.4 is 0 Å². The molecule has 1 aliphatic rings. The molecule has 3 atom stereocenters. The summed E-state index contributed by atoms with van der Waals surface area (Å²) in [4.78, 5) is 25.6. The molecule has 0 bridgehead atoms. The minimum absolute atomic E-state index is 0.0504. The van der Waals surface area contributed by atoms with Gasteiger partial charge in [0.1, 0.15) is 0 Å². The van der Waals surface area contributed by atoms with E-state index in [4.69, 9.17) is 19.4 Å². The van der Waals surface area contributed by atoms with Crippen molar-refractivity contribution >= 4 is 15.6 Å². The van der Waals surface area contributed by atoms with Crippen molar-refractivity contribution in [2.24, 2.45) is 0 Å². The molecule has 0 amide bonds. The van der Waals surface area contributed by atoms with Gasteiger partial charge in [0.2, 0.25) is 0 Å². The molecule has 16 heavy (non-hydrogen) atoms. The summed E-state index contributed by atoms with van der Waals surface area (Å²) in [7, 11) is -9.77. The molecule has 1 fully saturated rings. The van der Waals surface area contributed by atoms with Crippen LogP contribution in [0.5, 0.6) is 0 Å². The van der Waals surface area contributed by atoms with Gasteiger partial charge in [-0.05, 0) is 19.8 Å². The molecule has 3 unspecified atom stereocenters. The first kappa shape index (κ1) is 14.3. The summed E-state index contributed by atoms with van der Waals surface area (Å²) in [5, 5.41) is 0. The first-order chi connectivity index (χ1) is 7.18. The number of phosphoric acid groups is 2. The smallest absolute Gasteiger partial charge is 0.373 e.